The fourth-order valence-corrected chi connectivity index (χ4v) is 2.60. The maximum atomic E-state index is 7.71. The Kier molecular flexibility index (Phi) is 3.57. The first-order valence-corrected chi connectivity index (χ1v) is 6.39. The number of amidine groups is 1. The maximum Gasteiger partial charge on any atom is 0.124 e. The van der Waals surface area contributed by atoms with Crippen LogP contribution in [0.1, 0.15) is 18.1 Å². The highest BCUT2D eigenvalue weighted by Gasteiger charge is 2.24. The molecular weight excluding hydrogens is 224 g/mol. The Balaban J connectivity index is 2.37. The van der Waals surface area contributed by atoms with Crippen molar-refractivity contribution in [2.24, 2.45) is 5.73 Å². The van der Waals surface area contributed by atoms with Crippen molar-refractivity contribution in [3.63, 3.8) is 0 Å². The number of benzene rings is 1. The SMILES string of the molecule is Cc1ccc(C(=N)N)c(N2CCN(C)CC2C)c1. The number of rotatable bonds is 2. The molecule has 0 bridgehead atoms. The second-order valence-corrected chi connectivity index (χ2v) is 5.24. The predicted octanol–water partition coefficient (Wildman–Crippen LogP) is 1.42. The molecule has 98 valence electrons. The second kappa shape index (κ2) is 4.98. The number of hydrogen-bond acceptors (Lipinski definition) is 3. The van der Waals surface area contributed by atoms with Gasteiger partial charge in [-0.2, -0.15) is 0 Å². The van der Waals surface area contributed by atoms with Crippen LogP contribution in [0.2, 0.25) is 0 Å². The van der Waals surface area contributed by atoms with Gasteiger partial charge in [0.2, 0.25) is 0 Å². The zero-order chi connectivity index (χ0) is 13.3. The number of piperazine rings is 1. The van der Waals surface area contributed by atoms with Crippen LogP contribution in [0.5, 0.6) is 0 Å². The molecule has 0 amide bonds. The molecule has 0 saturated carbocycles. The number of anilines is 1. The van der Waals surface area contributed by atoms with Gasteiger partial charge in [0.25, 0.3) is 0 Å². The summed E-state index contributed by atoms with van der Waals surface area (Å²) >= 11 is 0. The van der Waals surface area contributed by atoms with Crippen LogP contribution in [0.4, 0.5) is 5.69 Å². The van der Waals surface area contributed by atoms with E-state index in [-0.39, 0.29) is 5.84 Å². The number of aryl methyl sites for hydroxylation is 1. The zero-order valence-corrected chi connectivity index (χ0v) is 11.4. The normalized spacial score (nSPS) is 21.1. The van der Waals surface area contributed by atoms with Crippen LogP contribution in [-0.2, 0) is 0 Å². The number of hydrogen-bond donors (Lipinski definition) is 2. The molecule has 1 heterocycles. The molecule has 1 unspecified atom stereocenters. The largest absolute Gasteiger partial charge is 0.384 e. The summed E-state index contributed by atoms with van der Waals surface area (Å²) in [5.41, 5.74) is 8.84. The lowest BCUT2D eigenvalue weighted by Gasteiger charge is -2.40. The average Bonchev–Trinajstić information content (AvgIpc) is 2.28. The average molecular weight is 246 g/mol. The molecular formula is C14H22N4. The van der Waals surface area contributed by atoms with Gasteiger partial charge in [-0.25, -0.2) is 0 Å². The van der Waals surface area contributed by atoms with Crippen molar-refractivity contribution in [1.82, 2.24) is 4.90 Å². The molecule has 0 spiro atoms. The molecule has 3 N–H and O–H groups in total. The van der Waals surface area contributed by atoms with Gasteiger partial charge < -0.3 is 15.5 Å². The van der Waals surface area contributed by atoms with Crippen LogP contribution in [0.25, 0.3) is 0 Å². The first kappa shape index (κ1) is 12.9. The first-order chi connectivity index (χ1) is 8.49. The molecule has 1 aliphatic heterocycles. The molecule has 1 aromatic rings. The Hall–Kier alpha value is -1.55. The van der Waals surface area contributed by atoms with Gasteiger partial charge in [-0.3, -0.25) is 5.41 Å². The lowest BCUT2D eigenvalue weighted by Crippen LogP contribution is -2.51. The number of nitrogens with two attached hydrogens (primary N) is 1. The molecule has 1 aliphatic rings. The van der Waals surface area contributed by atoms with Crippen LogP contribution in [0, 0.1) is 12.3 Å². The van der Waals surface area contributed by atoms with Gasteiger partial charge in [0.1, 0.15) is 5.84 Å². The molecule has 4 heteroatoms. The highest BCUT2D eigenvalue weighted by atomic mass is 15.3. The van der Waals surface area contributed by atoms with E-state index in [4.69, 9.17) is 11.1 Å². The third-order valence-electron chi connectivity index (χ3n) is 3.58. The summed E-state index contributed by atoms with van der Waals surface area (Å²) in [6.45, 7) is 7.39. The minimum Gasteiger partial charge on any atom is -0.384 e. The Labute approximate surface area is 109 Å². The molecule has 1 aromatic carbocycles. The van der Waals surface area contributed by atoms with Gasteiger partial charge in [-0.1, -0.05) is 6.07 Å². The summed E-state index contributed by atoms with van der Waals surface area (Å²) in [7, 11) is 2.15. The van der Waals surface area contributed by atoms with Crippen LogP contribution < -0.4 is 10.6 Å². The summed E-state index contributed by atoms with van der Waals surface area (Å²) < 4.78 is 0. The molecule has 18 heavy (non-hydrogen) atoms. The zero-order valence-electron chi connectivity index (χ0n) is 11.4. The van der Waals surface area contributed by atoms with E-state index in [1.807, 2.05) is 12.1 Å². The van der Waals surface area contributed by atoms with E-state index in [0.29, 0.717) is 6.04 Å². The Morgan fingerprint density at radius 2 is 2.11 bits per heavy atom. The third-order valence-corrected chi connectivity index (χ3v) is 3.58. The van der Waals surface area contributed by atoms with Crippen molar-refractivity contribution in [3.8, 4) is 0 Å². The van der Waals surface area contributed by atoms with Gasteiger partial charge in [-0.15, -0.1) is 0 Å². The van der Waals surface area contributed by atoms with E-state index < -0.39 is 0 Å². The molecule has 1 atom stereocenters. The van der Waals surface area contributed by atoms with E-state index in [9.17, 15) is 0 Å². The number of nitrogens with one attached hydrogen (secondary N) is 1. The predicted molar refractivity (Wildman–Crippen MR) is 76.5 cm³/mol. The number of nitrogens with zero attached hydrogens (tertiary/aromatic N) is 2. The molecule has 0 aliphatic carbocycles. The molecule has 1 saturated heterocycles. The van der Waals surface area contributed by atoms with Crippen molar-refractivity contribution in [2.45, 2.75) is 19.9 Å². The van der Waals surface area contributed by atoms with Crippen LogP contribution in [-0.4, -0.2) is 43.5 Å². The van der Waals surface area contributed by atoms with Crippen LogP contribution in [0.3, 0.4) is 0 Å². The second-order valence-electron chi connectivity index (χ2n) is 5.24. The molecule has 0 radical (unpaired) electrons. The van der Waals surface area contributed by atoms with E-state index in [1.165, 1.54) is 5.56 Å². The smallest absolute Gasteiger partial charge is 0.124 e. The lowest BCUT2D eigenvalue weighted by molar-refractivity contribution is 0.275. The van der Waals surface area contributed by atoms with Crippen molar-refractivity contribution >= 4 is 11.5 Å². The minimum atomic E-state index is 0.149. The highest BCUT2D eigenvalue weighted by molar-refractivity contribution is 6.00. The summed E-state index contributed by atoms with van der Waals surface area (Å²) in [5, 5.41) is 7.71. The number of likely N-dealkylation sites (N-methyl/N-ethyl adjacent to an activating group) is 1. The van der Waals surface area contributed by atoms with Gasteiger partial charge >= 0.3 is 0 Å². The molecule has 4 nitrogen and oxygen atoms in total. The molecule has 2 rings (SSSR count). The van der Waals surface area contributed by atoms with E-state index in [0.717, 1.165) is 30.9 Å². The first-order valence-electron chi connectivity index (χ1n) is 6.39. The fourth-order valence-electron chi connectivity index (χ4n) is 2.60. The summed E-state index contributed by atoms with van der Waals surface area (Å²) in [6.07, 6.45) is 0. The van der Waals surface area contributed by atoms with Crippen LogP contribution in [0.15, 0.2) is 18.2 Å². The van der Waals surface area contributed by atoms with Gasteiger partial charge in [0, 0.05) is 36.9 Å². The molecule has 1 fully saturated rings. The summed E-state index contributed by atoms with van der Waals surface area (Å²) in [5.74, 6) is 0.149. The highest BCUT2D eigenvalue weighted by Crippen LogP contribution is 2.25. The van der Waals surface area contributed by atoms with E-state index in [2.05, 4.69) is 36.8 Å². The van der Waals surface area contributed by atoms with Crippen molar-refractivity contribution in [3.05, 3.63) is 29.3 Å². The van der Waals surface area contributed by atoms with E-state index in [1.54, 1.807) is 0 Å². The van der Waals surface area contributed by atoms with Crippen LogP contribution >= 0.6 is 0 Å². The molecule has 0 aromatic heterocycles. The third kappa shape index (κ3) is 2.48. The monoisotopic (exact) mass is 246 g/mol. The van der Waals surface area contributed by atoms with E-state index >= 15 is 0 Å². The van der Waals surface area contributed by atoms with Gasteiger partial charge in [0.15, 0.2) is 0 Å². The number of nitrogen functional groups attached to an aromatic ring is 1. The van der Waals surface area contributed by atoms with Crippen molar-refractivity contribution in [2.75, 3.05) is 31.6 Å². The van der Waals surface area contributed by atoms with Gasteiger partial charge in [-0.05, 0) is 38.6 Å². The van der Waals surface area contributed by atoms with Crippen molar-refractivity contribution < 1.29 is 0 Å². The lowest BCUT2D eigenvalue weighted by atomic mass is 10.0. The van der Waals surface area contributed by atoms with Gasteiger partial charge in [0.05, 0.1) is 0 Å². The maximum absolute atomic E-state index is 7.71. The Morgan fingerprint density at radius 3 is 2.72 bits per heavy atom. The van der Waals surface area contributed by atoms with Crippen molar-refractivity contribution in [1.29, 1.82) is 5.41 Å². The Bertz CT molecular complexity index is 455. The standard InChI is InChI=1S/C14H22N4/c1-10-4-5-12(14(15)16)13(8-10)18-7-6-17(3)9-11(18)2/h4-5,8,11H,6-7,9H2,1-3H3,(H3,15,16). The topological polar surface area (TPSA) is 56.4 Å². The quantitative estimate of drug-likeness (QED) is 0.613. The Morgan fingerprint density at radius 1 is 1.39 bits per heavy atom. The minimum absolute atomic E-state index is 0.149. The fraction of sp³-hybridized carbons (Fsp3) is 0.500. The summed E-state index contributed by atoms with van der Waals surface area (Å²) in [4.78, 5) is 4.70. The summed E-state index contributed by atoms with van der Waals surface area (Å²) in [6, 6.07) is 6.56.